The molecule has 148 valence electrons. The van der Waals surface area contributed by atoms with Crippen LogP contribution in [-0.4, -0.2) is 50.6 Å². The minimum absolute atomic E-state index is 0.0323. The van der Waals surface area contributed by atoms with Crippen molar-refractivity contribution in [3.05, 3.63) is 0 Å². The van der Waals surface area contributed by atoms with Crippen LogP contribution >= 0.6 is 0 Å². The third kappa shape index (κ3) is 2.27. The summed E-state index contributed by atoms with van der Waals surface area (Å²) in [4.78, 5) is 12.4. The molecule has 5 nitrogen and oxygen atoms in total. The lowest BCUT2D eigenvalue weighted by atomic mass is 9.43. The average Bonchev–Trinajstić information content (AvgIpc) is 2.86. The van der Waals surface area contributed by atoms with Gasteiger partial charge in [0.25, 0.3) is 0 Å². The molecule has 0 aliphatic heterocycles. The maximum Gasteiger partial charge on any atom is 0.190 e. The zero-order valence-corrected chi connectivity index (χ0v) is 16.0. The predicted octanol–water partition coefficient (Wildman–Crippen LogP) is 1.65. The smallest absolute Gasteiger partial charge is 0.190 e. The molecule has 0 radical (unpaired) electrons. The first kappa shape index (κ1) is 18.9. The topological polar surface area (TPSA) is 98.0 Å². The third-order valence-corrected chi connectivity index (χ3v) is 9.33. The molecule has 0 bridgehead atoms. The molecule has 0 aromatic rings. The number of carbonyl (C=O) groups excluding carboxylic acids is 1. The Labute approximate surface area is 155 Å². The number of hydrogen-bond acceptors (Lipinski definition) is 5. The first-order valence-electron chi connectivity index (χ1n) is 10.4. The number of rotatable bonds is 2. The SMILES string of the molecule is C[C@]12C[C@H](O)C3[C@@H](CC[C@H]4C[C@H](O)CC[C@]34C)[C@@H]1CC[C@]2(O)C(=O)CO. The lowest BCUT2D eigenvalue weighted by Crippen LogP contribution is -2.63. The maximum absolute atomic E-state index is 12.4. The molecule has 4 aliphatic rings. The summed E-state index contributed by atoms with van der Waals surface area (Å²) < 4.78 is 0. The zero-order chi connectivity index (χ0) is 18.9. The van der Waals surface area contributed by atoms with E-state index in [0.29, 0.717) is 24.7 Å². The minimum Gasteiger partial charge on any atom is -0.393 e. The molecule has 0 spiro atoms. The second-order valence-corrected chi connectivity index (χ2v) is 10.2. The average molecular weight is 366 g/mol. The van der Waals surface area contributed by atoms with Crippen LogP contribution in [0.25, 0.3) is 0 Å². The number of Topliss-reactive ketones (excluding diaryl/α,β-unsaturated/α-hetero) is 1. The van der Waals surface area contributed by atoms with Gasteiger partial charge in [-0.1, -0.05) is 13.8 Å². The highest BCUT2D eigenvalue weighted by molar-refractivity contribution is 5.89. The summed E-state index contributed by atoms with van der Waals surface area (Å²) in [6.07, 6.45) is 5.48. The van der Waals surface area contributed by atoms with E-state index in [1.54, 1.807) is 0 Å². The fraction of sp³-hybridized carbons (Fsp3) is 0.952. The highest BCUT2D eigenvalue weighted by Gasteiger charge is 2.68. The molecule has 9 atom stereocenters. The predicted molar refractivity (Wildman–Crippen MR) is 96.2 cm³/mol. The van der Waals surface area contributed by atoms with E-state index in [4.69, 9.17) is 0 Å². The van der Waals surface area contributed by atoms with Gasteiger partial charge in [0.05, 0.1) is 12.2 Å². The summed E-state index contributed by atoms with van der Waals surface area (Å²) in [5.41, 5.74) is -2.14. The molecule has 26 heavy (non-hydrogen) atoms. The van der Waals surface area contributed by atoms with Crippen molar-refractivity contribution in [3.63, 3.8) is 0 Å². The largest absolute Gasteiger partial charge is 0.393 e. The monoisotopic (exact) mass is 366 g/mol. The van der Waals surface area contributed by atoms with Gasteiger partial charge < -0.3 is 20.4 Å². The normalized spacial score (nSPS) is 56.4. The van der Waals surface area contributed by atoms with Crippen LogP contribution in [0.3, 0.4) is 0 Å². The highest BCUT2D eigenvalue weighted by atomic mass is 16.3. The summed E-state index contributed by atoms with van der Waals surface area (Å²) in [5, 5.41) is 41.9. The van der Waals surface area contributed by atoms with Gasteiger partial charge in [0.2, 0.25) is 0 Å². The van der Waals surface area contributed by atoms with E-state index in [2.05, 4.69) is 6.92 Å². The molecular weight excluding hydrogens is 332 g/mol. The second kappa shape index (κ2) is 6.00. The van der Waals surface area contributed by atoms with Crippen LogP contribution < -0.4 is 0 Å². The lowest BCUT2D eigenvalue weighted by Gasteiger charge is -2.62. The van der Waals surface area contributed by atoms with Crippen LogP contribution in [0.2, 0.25) is 0 Å². The van der Waals surface area contributed by atoms with Crippen LogP contribution in [-0.2, 0) is 4.79 Å². The Balaban J connectivity index is 1.69. The van der Waals surface area contributed by atoms with Crippen molar-refractivity contribution < 1.29 is 25.2 Å². The molecule has 0 amide bonds. The van der Waals surface area contributed by atoms with E-state index >= 15 is 0 Å². The molecule has 4 fully saturated rings. The van der Waals surface area contributed by atoms with Crippen molar-refractivity contribution in [1.82, 2.24) is 0 Å². The fourth-order valence-electron chi connectivity index (χ4n) is 7.95. The van der Waals surface area contributed by atoms with E-state index in [0.717, 1.165) is 38.5 Å². The van der Waals surface area contributed by atoms with Gasteiger partial charge in [-0.15, -0.1) is 0 Å². The summed E-state index contributed by atoms with van der Waals surface area (Å²) in [6, 6.07) is 0. The first-order valence-corrected chi connectivity index (χ1v) is 10.4. The van der Waals surface area contributed by atoms with Gasteiger partial charge in [-0.25, -0.2) is 0 Å². The Hall–Kier alpha value is -0.490. The van der Waals surface area contributed by atoms with Crippen molar-refractivity contribution >= 4 is 5.78 Å². The van der Waals surface area contributed by atoms with E-state index in [1.165, 1.54) is 0 Å². The van der Waals surface area contributed by atoms with Gasteiger partial charge in [-0.2, -0.15) is 0 Å². The van der Waals surface area contributed by atoms with Gasteiger partial charge in [-0.3, -0.25) is 4.79 Å². The maximum atomic E-state index is 12.4. The molecule has 4 N–H and O–H groups in total. The van der Waals surface area contributed by atoms with Gasteiger partial charge in [0, 0.05) is 5.41 Å². The van der Waals surface area contributed by atoms with E-state index in [1.807, 2.05) is 6.92 Å². The molecule has 0 aromatic heterocycles. The number of carbonyl (C=O) groups is 1. The molecule has 4 rings (SSSR count). The van der Waals surface area contributed by atoms with Gasteiger partial charge in [0.1, 0.15) is 12.2 Å². The standard InChI is InChI=1S/C21H34O5/c1-19-7-5-13(23)9-12(19)3-4-14-15-6-8-21(26,17(25)11-22)20(15,2)10-16(24)18(14)19/h12-16,18,22-24,26H,3-11H2,1-2H3/t12-,13+,14-,15-,16-,18?,19-,20-,21-/m0/s1. The second-order valence-electron chi connectivity index (χ2n) is 10.2. The Morgan fingerprint density at radius 1 is 1.08 bits per heavy atom. The molecular formula is C21H34O5. The molecule has 4 aliphatic carbocycles. The fourth-order valence-corrected chi connectivity index (χ4v) is 7.95. The van der Waals surface area contributed by atoms with Crippen molar-refractivity contribution in [2.45, 2.75) is 83.0 Å². The molecule has 4 saturated carbocycles. The van der Waals surface area contributed by atoms with Crippen molar-refractivity contribution in [2.24, 2.45) is 34.5 Å². The van der Waals surface area contributed by atoms with E-state index in [9.17, 15) is 25.2 Å². The van der Waals surface area contributed by atoms with Crippen molar-refractivity contribution in [2.75, 3.05) is 6.61 Å². The molecule has 0 saturated heterocycles. The summed E-state index contributed by atoms with van der Waals surface area (Å²) in [6.45, 7) is 3.61. The highest BCUT2D eigenvalue weighted by Crippen LogP contribution is 2.68. The lowest BCUT2D eigenvalue weighted by molar-refractivity contribution is -0.202. The summed E-state index contributed by atoms with van der Waals surface area (Å²) in [7, 11) is 0. The number of ketones is 1. The minimum atomic E-state index is -1.52. The van der Waals surface area contributed by atoms with E-state index < -0.39 is 29.5 Å². The Morgan fingerprint density at radius 2 is 1.81 bits per heavy atom. The van der Waals surface area contributed by atoms with Crippen molar-refractivity contribution in [3.8, 4) is 0 Å². The Morgan fingerprint density at radius 3 is 2.50 bits per heavy atom. The molecule has 5 heteroatoms. The first-order chi connectivity index (χ1) is 12.2. The third-order valence-electron chi connectivity index (χ3n) is 9.33. The summed E-state index contributed by atoms with van der Waals surface area (Å²) >= 11 is 0. The van der Waals surface area contributed by atoms with Crippen LogP contribution in [0.1, 0.15) is 65.2 Å². The van der Waals surface area contributed by atoms with Crippen LogP contribution in [0, 0.1) is 34.5 Å². The molecule has 0 aromatic carbocycles. The number of aliphatic hydroxyl groups excluding tert-OH is 3. The van der Waals surface area contributed by atoms with Crippen molar-refractivity contribution in [1.29, 1.82) is 0 Å². The Bertz CT molecular complexity index is 593. The molecule has 0 heterocycles. The zero-order valence-electron chi connectivity index (χ0n) is 16.0. The van der Waals surface area contributed by atoms with E-state index in [-0.39, 0.29) is 23.4 Å². The van der Waals surface area contributed by atoms with Crippen LogP contribution in [0.15, 0.2) is 0 Å². The van der Waals surface area contributed by atoms with Crippen LogP contribution in [0.4, 0.5) is 0 Å². The van der Waals surface area contributed by atoms with Gasteiger partial charge in [-0.05, 0) is 80.5 Å². The van der Waals surface area contributed by atoms with Gasteiger partial charge >= 0.3 is 0 Å². The number of fused-ring (bicyclic) bond motifs is 5. The van der Waals surface area contributed by atoms with Gasteiger partial charge in [0.15, 0.2) is 5.78 Å². The summed E-state index contributed by atoms with van der Waals surface area (Å²) in [5.74, 6) is 0.653. The number of hydrogen-bond donors (Lipinski definition) is 4. The van der Waals surface area contributed by atoms with Crippen LogP contribution in [0.5, 0.6) is 0 Å². The number of aliphatic hydroxyl groups is 4. The Kier molecular flexibility index (Phi) is 4.35. The molecule has 1 unspecified atom stereocenters. The quantitative estimate of drug-likeness (QED) is 0.596.